The van der Waals surface area contributed by atoms with E-state index in [0.717, 1.165) is 22.1 Å². The predicted molar refractivity (Wildman–Crippen MR) is 156 cm³/mol. The average Bonchev–Trinajstić information content (AvgIpc) is 3.39. The quantitative estimate of drug-likeness (QED) is 0.474. The summed E-state index contributed by atoms with van der Waals surface area (Å²) < 4.78 is 22.7. The summed E-state index contributed by atoms with van der Waals surface area (Å²) >= 11 is 1.63. The summed E-state index contributed by atoms with van der Waals surface area (Å²) in [6.07, 6.45) is 5.52. The molecular formula is C32H41FN2O4S. The van der Waals surface area contributed by atoms with Crippen LogP contribution in [0.4, 0.5) is 4.39 Å². The van der Waals surface area contributed by atoms with E-state index < -0.39 is 34.1 Å². The number of hydrogen-bond donors (Lipinski definition) is 3. The molecule has 0 amide bonds. The molecular weight excluding hydrogens is 527 g/mol. The van der Waals surface area contributed by atoms with Crippen LogP contribution in [0.15, 0.2) is 53.1 Å². The third-order valence-corrected chi connectivity index (χ3v) is 12.5. The van der Waals surface area contributed by atoms with E-state index in [-0.39, 0.29) is 35.3 Å². The van der Waals surface area contributed by atoms with Gasteiger partial charge in [-0.15, -0.1) is 0 Å². The number of rotatable bonds is 4. The van der Waals surface area contributed by atoms with Gasteiger partial charge in [-0.2, -0.15) is 0 Å². The molecule has 4 fully saturated rings. The lowest BCUT2D eigenvalue weighted by Gasteiger charge is -2.63. The maximum Gasteiger partial charge on any atom is 0.178 e. The number of amidine groups is 1. The first-order valence-corrected chi connectivity index (χ1v) is 15.4. The lowest BCUT2D eigenvalue weighted by molar-refractivity contribution is -0.224. The smallest absolute Gasteiger partial charge is 0.178 e. The van der Waals surface area contributed by atoms with Gasteiger partial charge in [-0.1, -0.05) is 56.3 Å². The van der Waals surface area contributed by atoms with Crippen molar-refractivity contribution in [2.45, 2.75) is 88.6 Å². The first-order valence-electron chi connectivity index (χ1n) is 14.5. The monoisotopic (exact) mass is 568 g/mol. The topological polar surface area (TPSA) is 91.1 Å². The summed E-state index contributed by atoms with van der Waals surface area (Å²) in [4.78, 5) is 16.9. The molecule has 10 unspecified atom stereocenters. The number of halogens is 1. The van der Waals surface area contributed by atoms with Crippen LogP contribution in [0.3, 0.4) is 0 Å². The number of allylic oxidation sites excluding steroid dienone is 4. The minimum Gasteiger partial charge on any atom is -0.497 e. The Kier molecular flexibility index (Phi) is 6.60. The van der Waals surface area contributed by atoms with Crippen molar-refractivity contribution in [3.8, 4) is 5.75 Å². The van der Waals surface area contributed by atoms with Crippen LogP contribution in [-0.4, -0.2) is 56.9 Å². The molecule has 4 aliphatic carbocycles. The number of aliphatic hydroxyl groups excluding tert-OH is 1. The molecule has 216 valence electrons. The fourth-order valence-electron chi connectivity index (χ4n) is 9.21. The van der Waals surface area contributed by atoms with E-state index in [4.69, 9.17) is 9.73 Å². The Morgan fingerprint density at radius 1 is 1.20 bits per heavy atom. The van der Waals surface area contributed by atoms with Crippen molar-refractivity contribution in [2.24, 2.45) is 33.6 Å². The van der Waals surface area contributed by atoms with Crippen LogP contribution in [0, 0.1) is 28.6 Å². The number of aliphatic imine (C=N–C) groups is 1. The molecule has 40 heavy (non-hydrogen) atoms. The van der Waals surface area contributed by atoms with Crippen molar-refractivity contribution in [1.82, 2.24) is 5.32 Å². The molecule has 8 heteroatoms. The molecule has 6 nitrogen and oxygen atoms in total. The van der Waals surface area contributed by atoms with Crippen molar-refractivity contribution in [3.63, 3.8) is 0 Å². The number of aliphatic hydroxyl groups is 2. The number of nitrogens with zero attached hydrogens (tertiary/aromatic N) is 1. The SMILES string of the molecule is COc1ccc(CN=C2NC(C3(O)C(C)CC4C5CCC6=CC(=O)C=CC6(C)C5(F)C(O)CC43C)C(C)S2)cc1. The summed E-state index contributed by atoms with van der Waals surface area (Å²) in [7, 11) is 1.65. The molecule has 0 spiro atoms. The number of methoxy groups -OCH3 is 1. The molecule has 0 aromatic heterocycles. The van der Waals surface area contributed by atoms with E-state index in [2.05, 4.69) is 26.1 Å². The maximum absolute atomic E-state index is 17.5. The number of ether oxygens (including phenoxy) is 1. The highest BCUT2D eigenvalue weighted by atomic mass is 32.2. The van der Waals surface area contributed by atoms with Crippen LogP contribution in [0.1, 0.15) is 58.9 Å². The zero-order chi connectivity index (χ0) is 28.7. The van der Waals surface area contributed by atoms with E-state index in [1.807, 2.05) is 31.2 Å². The molecule has 5 aliphatic rings. The van der Waals surface area contributed by atoms with Gasteiger partial charge >= 0.3 is 0 Å². The first-order chi connectivity index (χ1) is 18.9. The summed E-state index contributed by atoms with van der Waals surface area (Å²) in [5, 5.41) is 28.8. The number of benzene rings is 1. The molecule has 0 radical (unpaired) electrons. The zero-order valence-electron chi connectivity index (χ0n) is 24.0. The average molecular weight is 569 g/mol. The van der Waals surface area contributed by atoms with E-state index >= 15 is 4.39 Å². The summed E-state index contributed by atoms with van der Waals surface area (Å²) in [5.41, 5.74) is -2.90. The van der Waals surface area contributed by atoms with Gasteiger partial charge in [0.2, 0.25) is 0 Å². The second-order valence-electron chi connectivity index (χ2n) is 13.1. The van der Waals surface area contributed by atoms with Gasteiger partial charge in [0, 0.05) is 22.0 Å². The highest BCUT2D eigenvalue weighted by molar-refractivity contribution is 8.14. The van der Waals surface area contributed by atoms with E-state index in [1.165, 1.54) is 6.08 Å². The molecule has 0 bridgehead atoms. The fourth-order valence-corrected chi connectivity index (χ4v) is 10.3. The van der Waals surface area contributed by atoms with Gasteiger partial charge in [0.05, 0.1) is 31.4 Å². The van der Waals surface area contributed by atoms with Gasteiger partial charge < -0.3 is 20.3 Å². The number of nitrogens with one attached hydrogen (secondary N) is 1. The Labute approximate surface area is 240 Å². The summed E-state index contributed by atoms with van der Waals surface area (Å²) in [5.74, 6) is 0.0938. The number of thioether (sulfide) groups is 1. The number of hydrogen-bond acceptors (Lipinski definition) is 6. The van der Waals surface area contributed by atoms with Crippen LogP contribution in [0.5, 0.6) is 5.75 Å². The zero-order valence-corrected chi connectivity index (χ0v) is 24.8. The third kappa shape index (κ3) is 3.67. The van der Waals surface area contributed by atoms with Crippen LogP contribution in [0.2, 0.25) is 0 Å². The lowest BCUT2D eigenvalue weighted by atomic mass is 9.44. The maximum atomic E-state index is 17.5. The van der Waals surface area contributed by atoms with Crippen LogP contribution in [-0.2, 0) is 11.3 Å². The summed E-state index contributed by atoms with van der Waals surface area (Å²) in [6.45, 7) is 8.62. The molecule has 10 atom stereocenters. The standard InChI is InChI=1S/C32H41FN2O4S/c1-18-14-25-24-11-8-21-15-22(36)12-13-29(21,3)31(24,33)26(37)16-30(25,4)32(18,38)27-19(2)40-28(35-27)34-17-20-6-9-23(39-5)10-7-20/h6-7,9-10,12-13,15,18-19,24-27,37-38H,8,11,14,16-17H2,1-5H3,(H,34,35). The number of carbonyl (C=O) groups excluding carboxylic acids is 1. The summed E-state index contributed by atoms with van der Waals surface area (Å²) in [6, 6.07) is 7.56. The van der Waals surface area contributed by atoms with Crippen molar-refractivity contribution < 1.29 is 24.1 Å². The van der Waals surface area contributed by atoms with Crippen LogP contribution >= 0.6 is 11.8 Å². The van der Waals surface area contributed by atoms with Gasteiger partial charge in [0.15, 0.2) is 16.6 Å². The highest BCUT2D eigenvalue weighted by Crippen LogP contribution is 2.71. The number of carbonyl (C=O) groups is 1. The molecule has 1 aromatic rings. The van der Waals surface area contributed by atoms with Crippen LogP contribution in [0.25, 0.3) is 0 Å². The Bertz CT molecular complexity index is 1300. The Balaban J connectivity index is 1.29. The minimum atomic E-state index is -1.89. The molecule has 3 N–H and O–H groups in total. The Morgan fingerprint density at radius 3 is 2.62 bits per heavy atom. The Morgan fingerprint density at radius 2 is 1.93 bits per heavy atom. The Hall–Kier alpha value is -2.16. The molecule has 1 saturated heterocycles. The van der Waals surface area contributed by atoms with Crippen molar-refractivity contribution in [2.75, 3.05) is 7.11 Å². The molecule has 1 aromatic carbocycles. The third-order valence-electron chi connectivity index (χ3n) is 11.4. The molecule has 6 rings (SSSR count). The largest absolute Gasteiger partial charge is 0.497 e. The number of alkyl halides is 1. The second-order valence-corrected chi connectivity index (χ2v) is 14.5. The van der Waals surface area contributed by atoms with Crippen molar-refractivity contribution in [3.05, 3.63) is 53.6 Å². The number of fused-ring (bicyclic) bond motifs is 5. The highest BCUT2D eigenvalue weighted by Gasteiger charge is 2.76. The van der Waals surface area contributed by atoms with E-state index in [9.17, 15) is 15.0 Å². The van der Waals surface area contributed by atoms with Gasteiger partial charge in [-0.25, -0.2) is 4.39 Å². The van der Waals surface area contributed by atoms with E-state index in [0.29, 0.717) is 25.8 Å². The fraction of sp³-hybridized carbons (Fsp3) is 0.625. The molecule has 3 saturated carbocycles. The lowest BCUT2D eigenvalue weighted by Crippen LogP contribution is -2.71. The minimum absolute atomic E-state index is 0.0533. The molecule has 1 aliphatic heterocycles. The van der Waals surface area contributed by atoms with Gasteiger partial charge in [0.1, 0.15) is 5.75 Å². The van der Waals surface area contributed by atoms with Crippen molar-refractivity contribution in [1.29, 1.82) is 0 Å². The second kappa shape index (κ2) is 9.43. The van der Waals surface area contributed by atoms with Gasteiger partial charge in [0.25, 0.3) is 0 Å². The predicted octanol–water partition coefficient (Wildman–Crippen LogP) is 4.99. The van der Waals surface area contributed by atoms with Gasteiger partial charge in [-0.05, 0) is 74.3 Å². The van der Waals surface area contributed by atoms with Crippen LogP contribution < -0.4 is 10.1 Å². The van der Waals surface area contributed by atoms with Crippen molar-refractivity contribution >= 4 is 22.7 Å². The van der Waals surface area contributed by atoms with Gasteiger partial charge in [-0.3, -0.25) is 9.79 Å². The number of ketones is 1. The van der Waals surface area contributed by atoms with E-state index in [1.54, 1.807) is 31.0 Å². The molecule has 1 heterocycles. The first kappa shape index (κ1) is 28.0. The normalized spacial score (nSPS) is 46.9.